The van der Waals surface area contributed by atoms with Crippen molar-refractivity contribution in [3.8, 4) is 0 Å². The van der Waals surface area contributed by atoms with Crippen LogP contribution >= 0.6 is 0 Å². The fourth-order valence-corrected chi connectivity index (χ4v) is 4.11. The van der Waals surface area contributed by atoms with Gasteiger partial charge in [-0.05, 0) is 44.7 Å². The Bertz CT molecular complexity index is 315. The van der Waals surface area contributed by atoms with Gasteiger partial charge >= 0.3 is 5.97 Å². The van der Waals surface area contributed by atoms with Crippen LogP contribution in [-0.4, -0.2) is 36.6 Å². The van der Waals surface area contributed by atoms with Gasteiger partial charge in [0.25, 0.3) is 0 Å². The highest BCUT2D eigenvalue weighted by Gasteiger charge is 2.31. The van der Waals surface area contributed by atoms with Crippen LogP contribution in [0, 0.1) is 11.8 Å². The van der Waals surface area contributed by atoms with E-state index in [9.17, 15) is 4.79 Å². The summed E-state index contributed by atoms with van der Waals surface area (Å²) < 4.78 is 6.08. The molecule has 3 heteroatoms. The average molecular weight is 309 g/mol. The summed E-state index contributed by atoms with van der Waals surface area (Å²) in [6.07, 6.45) is 12.3. The summed E-state index contributed by atoms with van der Waals surface area (Å²) in [6, 6.07) is 0. The number of nitrogens with zero attached hydrogens (tertiary/aromatic N) is 1. The second-order valence-electron chi connectivity index (χ2n) is 7.19. The van der Waals surface area contributed by atoms with Gasteiger partial charge in [0.05, 0.1) is 5.92 Å². The minimum absolute atomic E-state index is 0.0995. The number of esters is 1. The van der Waals surface area contributed by atoms with Gasteiger partial charge < -0.3 is 9.64 Å². The first-order chi connectivity index (χ1) is 10.7. The highest BCUT2D eigenvalue weighted by molar-refractivity contribution is 5.72. The molecule has 0 heterocycles. The van der Waals surface area contributed by atoms with E-state index in [1.165, 1.54) is 51.4 Å². The lowest BCUT2D eigenvalue weighted by atomic mass is 9.84. The first-order valence-corrected chi connectivity index (χ1v) is 9.67. The zero-order valence-corrected chi connectivity index (χ0v) is 14.7. The molecule has 128 valence electrons. The molecule has 0 amide bonds. The van der Waals surface area contributed by atoms with Crippen molar-refractivity contribution < 1.29 is 9.53 Å². The lowest BCUT2D eigenvalue weighted by molar-refractivity contribution is -0.160. The Morgan fingerprint density at radius 1 is 0.955 bits per heavy atom. The monoisotopic (exact) mass is 309 g/mol. The van der Waals surface area contributed by atoms with E-state index in [1.54, 1.807) is 0 Å². The molecule has 0 aromatic heterocycles. The van der Waals surface area contributed by atoms with Crippen molar-refractivity contribution in [2.75, 3.05) is 19.6 Å². The van der Waals surface area contributed by atoms with Crippen LogP contribution in [0.4, 0.5) is 0 Å². The van der Waals surface area contributed by atoms with Gasteiger partial charge in [-0.15, -0.1) is 0 Å². The molecule has 2 saturated carbocycles. The number of hydrogen-bond acceptors (Lipinski definition) is 3. The van der Waals surface area contributed by atoms with Crippen LogP contribution in [0.25, 0.3) is 0 Å². The predicted molar refractivity (Wildman–Crippen MR) is 90.8 cm³/mol. The maximum atomic E-state index is 12.6. The second-order valence-corrected chi connectivity index (χ2v) is 7.19. The Labute approximate surface area is 136 Å². The second kappa shape index (κ2) is 9.54. The first kappa shape index (κ1) is 17.8. The molecule has 2 fully saturated rings. The van der Waals surface area contributed by atoms with Gasteiger partial charge in [0, 0.05) is 6.54 Å². The summed E-state index contributed by atoms with van der Waals surface area (Å²) in [5, 5.41) is 0. The van der Waals surface area contributed by atoms with Gasteiger partial charge in [-0.3, -0.25) is 4.79 Å². The molecular formula is C19H35NO2. The summed E-state index contributed by atoms with van der Waals surface area (Å²) in [4.78, 5) is 15.0. The Hall–Kier alpha value is -0.570. The van der Waals surface area contributed by atoms with E-state index in [1.807, 2.05) is 0 Å². The van der Waals surface area contributed by atoms with Gasteiger partial charge in [0.15, 0.2) is 0 Å². The van der Waals surface area contributed by atoms with Crippen molar-refractivity contribution in [2.24, 2.45) is 11.8 Å². The van der Waals surface area contributed by atoms with Crippen LogP contribution in [0.3, 0.4) is 0 Å². The van der Waals surface area contributed by atoms with Crippen LogP contribution in [0.1, 0.15) is 78.1 Å². The van der Waals surface area contributed by atoms with E-state index in [-0.39, 0.29) is 18.0 Å². The van der Waals surface area contributed by atoms with Crippen molar-refractivity contribution in [1.82, 2.24) is 4.90 Å². The number of carbonyl (C=O) groups is 1. The van der Waals surface area contributed by atoms with E-state index in [2.05, 4.69) is 18.7 Å². The van der Waals surface area contributed by atoms with Crippen LogP contribution in [0.15, 0.2) is 0 Å². The Morgan fingerprint density at radius 2 is 1.50 bits per heavy atom. The Morgan fingerprint density at radius 3 is 2.05 bits per heavy atom. The van der Waals surface area contributed by atoms with Gasteiger partial charge in [-0.2, -0.15) is 0 Å². The number of carbonyl (C=O) groups excluding carboxylic acids is 1. The van der Waals surface area contributed by atoms with Crippen molar-refractivity contribution in [3.63, 3.8) is 0 Å². The summed E-state index contributed by atoms with van der Waals surface area (Å²) in [5.74, 6) is 0.862. The summed E-state index contributed by atoms with van der Waals surface area (Å²) in [6.45, 7) is 7.41. The lowest BCUT2D eigenvalue weighted by Gasteiger charge is -2.34. The maximum absolute atomic E-state index is 12.6. The van der Waals surface area contributed by atoms with Crippen LogP contribution in [0.2, 0.25) is 0 Å². The number of hydrogen-bond donors (Lipinski definition) is 0. The summed E-state index contributed by atoms with van der Waals surface area (Å²) in [5.41, 5.74) is 0. The molecule has 2 aliphatic carbocycles. The molecule has 1 atom stereocenters. The molecule has 0 bridgehead atoms. The molecular weight excluding hydrogens is 274 g/mol. The van der Waals surface area contributed by atoms with Crippen molar-refractivity contribution in [1.29, 1.82) is 0 Å². The molecule has 1 unspecified atom stereocenters. The minimum atomic E-state index is 0.0995. The van der Waals surface area contributed by atoms with E-state index in [4.69, 9.17) is 4.74 Å². The van der Waals surface area contributed by atoms with Gasteiger partial charge in [-0.1, -0.05) is 52.4 Å². The molecule has 0 N–H and O–H groups in total. The first-order valence-electron chi connectivity index (χ1n) is 9.67. The van der Waals surface area contributed by atoms with Gasteiger partial charge in [-0.25, -0.2) is 0 Å². The molecule has 3 nitrogen and oxygen atoms in total. The van der Waals surface area contributed by atoms with E-state index in [0.29, 0.717) is 5.92 Å². The Balaban J connectivity index is 1.94. The van der Waals surface area contributed by atoms with Crippen molar-refractivity contribution >= 4 is 5.97 Å². The van der Waals surface area contributed by atoms with Crippen LogP contribution in [-0.2, 0) is 9.53 Å². The van der Waals surface area contributed by atoms with Crippen molar-refractivity contribution in [2.45, 2.75) is 84.2 Å². The number of likely N-dealkylation sites (N-methyl/N-ethyl adjacent to an activating group) is 1. The minimum Gasteiger partial charge on any atom is -0.460 e. The van der Waals surface area contributed by atoms with Crippen molar-refractivity contribution in [3.05, 3.63) is 0 Å². The smallest absolute Gasteiger partial charge is 0.309 e. The fraction of sp³-hybridized carbons (Fsp3) is 0.947. The molecule has 0 saturated heterocycles. The zero-order valence-electron chi connectivity index (χ0n) is 14.7. The maximum Gasteiger partial charge on any atom is 0.309 e. The van der Waals surface area contributed by atoms with Gasteiger partial charge in [0.1, 0.15) is 6.10 Å². The molecule has 0 radical (unpaired) electrons. The molecule has 0 aromatic carbocycles. The third-order valence-corrected chi connectivity index (χ3v) is 5.71. The molecule has 0 aliphatic heterocycles. The van der Waals surface area contributed by atoms with Crippen LogP contribution < -0.4 is 0 Å². The standard InChI is InChI=1S/C19H35NO2/c1-3-20(4-2)15-18(16-11-7-5-8-12-16)22-19(21)17-13-9-6-10-14-17/h16-18H,3-15H2,1-2H3. The largest absolute Gasteiger partial charge is 0.460 e. The topological polar surface area (TPSA) is 29.5 Å². The fourth-order valence-electron chi connectivity index (χ4n) is 4.11. The van der Waals surface area contributed by atoms with E-state index in [0.717, 1.165) is 32.5 Å². The zero-order chi connectivity index (χ0) is 15.8. The van der Waals surface area contributed by atoms with E-state index >= 15 is 0 Å². The molecule has 22 heavy (non-hydrogen) atoms. The SMILES string of the molecule is CCN(CC)CC(OC(=O)C1CCCCC1)C1CCCCC1. The van der Waals surface area contributed by atoms with Gasteiger partial charge in [0.2, 0.25) is 0 Å². The molecule has 2 aliphatic rings. The summed E-state index contributed by atoms with van der Waals surface area (Å²) >= 11 is 0. The van der Waals surface area contributed by atoms with E-state index < -0.39 is 0 Å². The normalized spacial score (nSPS) is 22.7. The average Bonchev–Trinajstić information content (AvgIpc) is 2.60. The highest BCUT2D eigenvalue weighted by atomic mass is 16.5. The third kappa shape index (κ3) is 5.26. The summed E-state index contributed by atoms with van der Waals surface area (Å²) in [7, 11) is 0. The van der Waals surface area contributed by atoms with Crippen LogP contribution in [0.5, 0.6) is 0 Å². The third-order valence-electron chi connectivity index (χ3n) is 5.71. The molecule has 2 rings (SSSR count). The lowest BCUT2D eigenvalue weighted by Crippen LogP contribution is -2.41. The Kier molecular flexibility index (Phi) is 7.71. The predicted octanol–water partition coefficient (Wildman–Crippen LogP) is 4.40. The number of ether oxygens (including phenoxy) is 1. The number of rotatable bonds is 7. The molecule has 0 spiro atoms. The highest BCUT2D eigenvalue weighted by Crippen LogP contribution is 2.31. The molecule has 0 aromatic rings. The quantitative estimate of drug-likeness (QED) is 0.653.